The summed E-state index contributed by atoms with van der Waals surface area (Å²) in [5.74, 6) is -1.12. The van der Waals surface area contributed by atoms with Gasteiger partial charge in [-0.3, -0.25) is 9.80 Å². The van der Waals surface area contributed by atoms with E-state index in [1.165, 1.54) is 38.8 Å². The van der Waals surface area contributed by atoms with Crippen molar-refractivity contribution in [2.75, 3.05) is 19.6 Å². The smallest absolute Gasteiger partial charge is 0.135 e. The number of halogens is 3. The van der Waals surface area contributed by atoms with Crippen LogP contribution in [0.4, 0.5) is 13.2 Å². The first-order valence-electron chi connectivity index (χ1n) is 12.6. The summed E-state index contributed by atoms with van der Waals surface area (Å²) in [7, 11) is 0. The van der Waals surface area contributed by atoms with E-state index in [1.54, 1.807) is 0 Å². The molecule has 1 saturated heterocycles. The molecule has 6 rings (SSSR count). The van der Waals surface area contributed by atoms with Crippen molar-refractivity contribution in [2.45, 2.75) is 69.9 Å². The number of fused-ring (bicyclic) bond motifs is 3. The molecule has 0 spiro atoms. The molecular weight excluding hydrogens is 451 g/mol. The number of para-hydroxylation sites is 1. The van der Waals surface area contributed by atoms with Crippen molar-refractivity contribution >= 4 is 10.9 Å². The van der Waals surface area contributed by atoms with Crippen molar-refractivity contribution in [1.82, 2.24) is 14.8 Å². The van der Waals surface area contributed by atoms with Crippen molar-refractivity contribution in [3.63, 3.8) is 0 Å². The maximum atomic E-state index is 15.7. The van der Waals surface area contributed by atoms with Gasteiger partial charge in [-0.15, -0.1) is 0 Å². The van der Waals surface area contributed by atoms with E-state index < -0.39 is 23.3 Å². The molecule has 2 fully saturated rings. The van der Waals surface area contributed by atoms with Crippen LogP contribution in [0.1, 0.15) is 56.5 Å². The lowest BCUT2D eigenvalue weighted by molar-refractivity contribution is 0.0138. The number of nitrogens with one attached hydrogen (secondary N) is 1. The number of aromatic amines is 1. The number of hydrogen-bond acceptors (Lipinski definition) is 3. The highest BCUT2D eigenvalue weighted by Crippen LogP contribution is 2.44. The molecule has 1 aliphatic carbocycles. The molecule has 3 aliphatic rings. The average Bonchev–Trinajstić information content (AvgIpc) is 3.52. The van der Waals surface area contributed by atoms with E-state index in [-0.39, 0.29) is 30.0 Å². The van der Waals surface area contributed by atoms with Crippen molar-refractivity contribution < 1.29 is 17.9 Å². The Balaban J connectivity index is 1.38. The molecule has 0 bridgehead atoms. The van der Waals surface area contributed by atoms with E-state index in [9.17, 15) is 4.39 Å². The van der Waals surface area contributed by atoms with Gasteiger partial charge in [-0.05, 0) is 51.7 Å². The Kier molecular flexibility index (Phi) is 5.42. The summed E-state index contributed by atoms with van der Waals surface area (Å²) in [5, 5.41) is 1.05. The quantitative estimate of drug-likeness (QED) is 0.484. The minimum Gasteiger partial charge on any atom is -0.488 e. The Morgan fingerprint density at radius 1 is 1.09 bits per heavy atom. The second kappa shape index (κ2) is 8.27. The van der Waals surface area contributed by atoms with Crippen LogP contribution in [0.15, 0.2) is 36.4 Å². The molecule has 0 unspecified atom stereocenters. The zero-order valence-corrected chi connectivity index (χ0v) is 20.5. The summed E-state index contributed by atoms with van der Waals surface area (Å²) >= 11 is 0. The van der Waals surface area contributed by atoms with Crippen molar-refractivity contribution in [3.05, 3.63) is 64.9 Å². The molecule has 2 aromatic carbocycles. The molecule has 0 amide bonds. The van der Waals surface area contributed by atoms with Crippen molar-refractivity contribution in [2.24, 2.45) is 0 Å². The van der Waals surface area contributed by atoms with E-state index in [0.29, 0.717) is 12.5 Å². The Morgan fingerprint density at radius 3 is 2.43 bits per heavy atom. The molecule has 0 radical (unpaired) electrons. The fourth-order valence-electron chi connectivity index (χ4n) is 5.86. The van der Waals surface area contributed by atoms with Crippen LogP contribution in [-0.4, -0.2) is 58.3 Å². The third-order valence-corrected chi connectivity index (χ3v) is 7.64. The average molecular weight is 484 g/mol. The molecule has 2 atom stereocenters. The van der Waals surface area contributed by atoms with Gasteiger partial charge in [-0.25, -0.2) is 13.2 Å². The van der Waals surface area contributed by atoms with Crippen LogP contribution in [0, 0.1) is 11.6 Å². The van der Waals surface area contributed by atoms with Gasteiger partial charge in [0.1, 0.15) is 29.2 Å². The van der Waals surface area contributed by atoms with Gasteiger partial charge in [0.15, 0.2) is 0 Å². The number of ether oxygens (including phenoxy) is 1. The monoisotopic (exact) mass is 483 g/mol. The molecule has 7 heteroatoms. The predicted octanol–water partition coefficient (Wildman–Crippen LogP) is 5.76. The van der Waals surface area contributed by atoms with Gasteiger partial charge in [-0.2, -0.15) is 0 Å². The third-order valence-electron chi connectivity index (χ3n) is 7.64. The summed E-state index contributed by atoms with van der Waals surface area (Å²) < 4.78 is 52.2. The summed E-state index contributed by atoms with van der Waals surface area (Å²) in [6.45, 7) is 6.67. The standard InChI is InChI=1S/C28H32F3N3O/c1-16-10-21-20-6-4-5-7-24(20)32-26(21)27(34(16)15-28(2,3)31)25-22(29)11-18(12-23(25)30)35-19-13-33(14-19)17-8-9-17/h4-7,11-12,16-17,19,27,32H,8-10,13-15H2,1-3H3/t16-,27-/m1/s1. The van der Waals surface area contributed by atoms with Crippen LogP contribution < -0.4 is 4.74 Å². The maximum absolute atomic E-state index is 15.7. The first-order valence-corrected chi connectivity index (χ1v) is 12.6. The SMILES string of the molecule is C[C@@H]1Cc2c([nH]c3ccccc23)[C@@H](c2c(F)cc(OC3CN(C4CC4)C3)cc2F)N1CC(C)(C)F. The number of aromatic nitrogens is 1. The van der Waals surface area contributed by atoms with Crippen LogP contribution in [0.2, 0.25) is 0 Å². The van der Waals surface area contributed by atoms with Gasteiger partial charge in [0.25, 0.3) is 0 Å². The molecule has 3 heterocycles. The summed E-state index contributed by atoms with van der Waals surface area (Å²) in [4.78, 5) is 7.65. The highest BCUT2D eigenvalue weighted by molar-refractivity contribution is 5.85. The Morgan fingerprint density at radius 2 is 1.77 bits per heavy atom. The number of hydrogen-bond donors (Lipinski definition) is 1. The Labute approximate surface area is 204 Å². The van der Waals surface area contributed by atoms with Crippen LogP contribution in [0.3, 0.4) is 0 Å². The van der Waals surface area contributed by atoms with Crippen molar-refractivity contribution in [1.29, 1.82) is 0 Å². The van der Waals surface area contributed by atoms with Gasteiger partial charge >= 0.3 is 0 Å². The molecule has 186 valence electrons. The minimum absolute atomic E-state index is 0.0425. The number of alkyl halides is 1. The summed E-state index contributed by atoms with van der Waals surface area (Å²) in [6, 6.07) is 10.3. The van der Waals surface area contributed by atoms with Gasteiger partial charge in [0.2, 0.25) is 0 Å². The fourth-order valence-corrected chi connectivity index (χ4v) is 5.86. The first kappa shape index (κ1) is 22.9. The lowest BCUT2D eigenvalue weighted by Crippen LogP contribution is -2.54. The largest absolute Gasteiger partial charge is 0.488 e. The molecular formula is C28H32F3N3O. The van der Waals surface area contributed by atoms with Gasteiger partial charge in [0, 0.05) is 66.0 Å². The van der Waals surface area contributed by atoms with E-state index in [4.69, 9.17) is 4.74 Å². The first-order chi connectivity index (χ1) is 16.7. The Hall–Kier alpha value is -2.51. The topological polar surface area (TPSA) is 31.5 Å². The molecule has 4 nitrogen and oxygen atoms in total. The zero-order chi connectivity index (χ0) is 24.5. The Bertz CT molecular complexity index is 1230. The van der Waals surface area contributed by atoms with Gasteiger partial charge in [-0.1, -0.05) is 18.2 Å². The number of rotatable bonds is 6. The van der Waals surface area contributed by atoms with E-state index in [0.717, 1.165) is 35.2 Å². The lowest BCUT2D eigenvalue weighted by Gasteiger charge is -2.43. The second-order valence-corrected chi connectivity index (χ2v) is 11.1. The normalized spacial score (nSPS) is 23.9. The van der Waals surface area contributed by atoms with Gasteiger partial charge in [0.05, 0.1) is 6.04 Å². The van der Waals surface area contributed by atoms with E-state index >= 15 is 8.78 Å². The number of nitrogens with zero attached hydrogens (tertiary/aromatic N) is 2. The zero-order valence-electron chi connectivity index (χ0n) is 20.5. The van der Waals surface area contributed by atoms with Crippen LogP contribution in [-0.2, 0) is 6.42 Å². The summed E-state index contributed by atoms with van der Waals surface area (Å²) in [5.41, 5.74) is 1.11. The van der Waals surface area contributed by atoms with Gasteiger partial charge < -0.3 is 9.72 Å². The number of benzene rings is 2. The molecule has 1 aromatic heterocycles. The van der Waals surface area contributed by atoms with E-state index in [1.807, 2.05) is 36.1 Å². The van der Waals surface area contributed by atoms with E-state index in [2.05, 4.69) is 9.88 Å². The third kappa shape index (κ3) is 4.23. The lowest BCUT2D eigenvalue weighted by atomic mass is 9.87. The predicted molar refractivity (Wildman–Crippen MR) is 131 cm³/mol. The van der Waals surface area contributed by atoms with Crippen LogP contribution in [0.5, 0.6) is 5.75 Å². The molecule has 3 aromatic rings. The number of likely N-dealkylation sites (tertiary alicyclic amines) is 1. The minimum atomic E-state index is -1.52. The summed E-state index contributed by atoms with van der Waals surface area (Å²) in [6.07, 6.45) is 3.09. The molecule has 1 saturated carbocycles. The number of H-pyrrole nitrogens is 1. The highest BCUT2D eigenvalue weighted by atomic mass is 19.1. The van der Waals surface area contributed by atoms with Crippen LogP contribution >= 0.6 is 0 Å². The van der Waals surface area contributed by atoms with Crippen LogP contribution in [0.25, 0.3) is 10.9 Å². The highest BCUT2D eigenvalue weighted by Gasteiger charge is 2.42. The second-order valence-electron chi connectivity index (χ2n) is 11.1. The molecule has 1 N–H and O–H groups in total. The fraction of sp³-hybridized carbons (Fsp3) is 0.500. The molecule has 2 aliphatic heterocycles. The molecule has 35 heavy (non-hydrogen) atoms. The maximum Gasteiger partial charge on any atom is 0.135 e. The van der Waals surface area contributed by atoms with Crippen molar-refractivity contribution in [3.8, 4) is 5.75 Å².